The van der Waals surface area contributed by atoms with E-state index in [4.69, 9.17) is 9.51 Å². The van der Waals surface area contributed by atoms with Crippen LogP contribution in [0.5, 0.6) is 0 Å². The summed E-state index contributed by atoms with van der Waals surface area (Å²) < 4.78 is 5.80. The highest BCUT2D eigenvalue weighted by atomic mass is 16.5. The monoisotopic (exact) mass is 478 g/mol. The van der Waals surface area contributed by atoms with E-state index in [1.807, 2.05) is 67.6 Å². The molecule has 1 aromatic heterocycles. The van der Waals surface area contributed by atoms with Crippen LogP contribution in [0.15, 0.2) is 95.1 Å². The van der Waals surface area contributed by atoms with E-state index >= 15 is 0 Å². The van der Waals surface area contributed by atoms with Crippen LogP contribution in [0.2, 0.25) is 0 Å². The van der Waals surface area contributed by atoms with Gasteiger partial charge in [-0.25, -0.2) is 4.79 Å². The van der Waals surface area contributed by atoms with Crippen molar-refractivity contribution in [3.8, 4) is 11.4 Å². The van der Waals surface area contributed by atoms with Crippen molar-refractivity contribution in [1.82, 2.24) is 20.4 Å². The summed E-state index contributed by atoms with van der Waals surface area (Å²) in [6.45, 7) is 4.69. The first-order chi connectivity index (χ1) is 17.6. The summed E-state index contributed by atoms with van der Waals surface area (Å²) in [6.07, 6.45) is 2.72. The van der Waals surface area contributed by atoms with Gasteiger partial charge in [0.1, 0.15) is 0 Å². The standard InChI is InChI=1S/C30H30N4O2/c1-3-22-16-18-25(19-17-22)28-32-29(36-33-28)26-21(2)34(20-10-13-23-11-6-4-7-12-23)30(35)31-27(26)24-14-8-5-9-15-24/h4-9,11-12,14-19,27H,3,10,13,20H2,1-2H3,(H,31,35). The lowest BCUT2D eigenvalue weighted by Crippen LogP contribution is -2.46. The molecule has 1 aliphatic rings. The van der Waals surface area contributed by atoms with Crippen molar-refractivity contribution in [2.45, 2.75) is 39.2 Å². The molecule has 3 aromatic carbocycles. The Morgan fingerprint density at radius 2 is 1.61 bits per heavy atom. The highest BCUT2D eigenvalue weighted by Gasteiger charge is 2.35. The van der Waals surface area contributed by atoms with Crippen molar-refractivity contribution in [3.05, 3.63) is 113 Å². The first-order valence-electron chi connectivity index (χ1n) is 12.4. The third-order valence-corrected chi connectivity index (χ3v) is 6.70. The van der Waals surface area contributed by atoms with Gasteiger partial charge in [0, 0.05) is 17.8 Å². The van der Waals surface area contributed by atoms with Gasteiger partial charge in [-0.3, -0.25) is 4.90 Å². The number of carbonyl (C=O) groups is 1. The minimum Gasteiger partial charge on any atom is -0.334 e. The van der Waals surface area contributed by atoms with Crippen LogP contribution in [0.3, 0.4) is 0 Å². The van der Waals surface area contributed by atoms with Crippen molar-refractivity contribution in [3.63, 3.8) is 0 Å². The number of nitrogens with zero attached hydrogens (tertiary/aromatic N) is 3. The van der Waals surface area contributed by atoms with E-state index in [-0.39, 0.29) is 12.1 Å². The Hall–Kier alpha value is -4.19. The molecular weight excluding hydrogens is 448 g/mol. The molecule has 1 N–H and O–H groups in total. The van der Waals surface area contributed by atoms with Crippen LogP contribution in [0.4, 0.5) is 4.79 Å². The third-order valence-electron chi connectivity index (χ3n) is 6.70. The Bertz CT molecular complexity index is 1340. The summed E-state index contributed by atoms with van der Waals surface area (Å²) in [5.41, 5.74) is 6.04. The van der Waals surface area contributed by atoms with E-state index in [0.29, 0.717) is 18.3 Å². The Morgan fingerprint density at radius 1 is 0.917 bits per heavy atom. The second-order valence-corrected chi connectivity index (χ2v) is 9.01. The van der Waals surface area contributed by atoms with Crippen molar-refractivity contribution in [2.75, 3.05) is 6.54 Å². The van der Waals surface area contributed by atoms with Gasteiger partial charge in [-0.15, -0.1) is 0 Å². The molecule has 5 rings (SSSR count). The zero-order valence-corrected chi connectivity index (χ0v) is 20.6. The lowest BCUT2D eigenvalue weighted by molar-refractivity contribution is 0.204. The molecule has 1 atom stereocenters. The van der Waals surface area contributed by atoms with Gasteiger partial charge in [-0.1, -0.05) is 97.0 Å². The van der Waals surface area contributed by atoms with Gasteiger partial charge in [0.05, 0.1) is 11.6 Å². The van der Waals surface area contributed by atoms with Gasteiger partial charge >= 0.3 is 6.03 Å². The van der Waals surface area contributed by atoms with Crippen LogP contribution in [-0.4, -0.2) is 27.6 Å². The van der Waals surface area contributed by atoms with Crippen molar-refractivity contribution >= 4 is 11.6 Å². The molecule has 36 heavy (non-hydrogen) atoms. The lowest BCUT2D eigenvalue weighted by atomic mass is 9.94. The van der Waals surface area contributed by atoms with Crippen molar-refractivity contribution in [2.24, 2.45) is 0 Å². The first kappa shape index (κ1) is 23.5. The van der Waals surface area contributed by atoms with Crippen LogP contribution < -0.4 is 5.32 Å². The van der Waals surface area contributed by atoms with Gasteiger partial charge in [-0.2, -0.15) is 4.98 Å². The summed E-state index contributed by atoms with van der Waals surface area (Å²) in [5.74, 6) is 0.955. The molecule has 0 saturated carbocycles. The summed E-state index contributed by atoms with van der Waals surface area (Å²) in [5, 5.41) is 7.45. The number of benzene rings is 3. The number of allylic oxidation sites excluding steroid dienone is 1. The molecule has 0 aliphatic carbocycles. The Balaban J connectivity index is 1.47. The average Bonchev–Trinajstić information content (AvgIpc) is 3.41. The summed E-state index contributed by atoms with van der Waals surface area (Å²) in [6, 6.07) is 27.9. The third kappa shape index (κ3) is 4.93. The van der Waals surface area contributed by atoms with Crippen LogP contribution in [0.25, 0.3) is 17.0 Å². The zero-order valence-electron chi connectivity index (χ0n) is 20.6. The van der Waals surface area contributed by atoms with Crippen LogP contribution >= 0.6 is 0 Å². The number of hydrogen-bond donors (Lipinski definition) is 1. The summed E-state index contributed by atoms with van der Waals surface area (Å²) >= 11 is 0. The number of nitrogens with one attached hydrogen (secondary N) is 1. The van der Waals surface area contributed by atoms with E-state index in [1.165, 1.54) is 11.1 Å². The van der Waals surface area contributed by atoms with E-state index in [9.17, 15) is 4.79 Å². The molecule has 0 spiro atoms. The maximum atomic E-state index is 13.2. The second kappa shape index (κ2) is 10.6. The second-order valence-electron chi connectivity index (χ2n) is 9.01. The molecule has 0 fully saturated rings. The highest BCUT2D eigenvalue weighted by Crippen LogP contribution is 2.37. The number of aromatic nitrogens is 2. The summed E-state index contributed by atoms with van der Waals surface area (Å²) in [4.78, 5) is 19.8. The molecule has 2 amide bonds. The fourth-order valence-corrected chi connectivity index (χ4v) is 4.65. The molecule has 6 nitrogen and oxygen atoms in total. The minimum absolute atomic E-state index is 0.118. The maximum absolute atomic E-state index is 13.2. The van der Waals surface area contributed by atoms with Crippen LogP contribution in [-0.2, 0) is 12.8 Å². The Labute approximate surface area is 211 Å². The van der Waals surface area contributed by atoms with Gasteiger partial charge < -0.3 is 9.84 Å². The number of carbonyl (C=O) groups excluding carboxylic acids is 1. The number of amides is 2. The molecule has 2 heterocycles. The molecule has 1 aliphatic heterocycles. The number of aryl methyl sites for hydroxylation is 2. The van der Waals surface area contributed by atoms with Crippen molar-refractivity contribution < 1.29 is 9.32 Å². The lowest BCUT2D eigenvalue weighted by Gasteiger charge is -2.35. The smallest absolute Gasteiger partial charge is 0.322 e. The van der Waals surface area contributed by atoms with Crippen LogP contribution in [0, 0.1) is 0 Å². The minimum atomic E-state index is -0.375. The molecule has 6 heteroatoms. The fourth-order valence-electron chi connectivity index (χ4n) is 4.65. The Kier molecular flexibility index (Phi) is 6.94. The van der Waals surface area contributed by atoms with E-state index in [2.05, 4.69) is 41.7 Å². The number of rotatable bonds is 8. The molecule has 0 saturated heterocycles. The predicted molar refractivity (Wildman–Crippen MR) is 141 cm³/mol. The number of hydrogen-bond acceptors (Lipinski definition) is 4. The zero-order chi connectivity index (χ0) is 24.9. The maximum Gasteiger partial charge on any atom is 0.322 e. The van der Waals surface area contributed by atoms with Crippen molar-refractivity contribution in [1.29, 1.82) is 0 Å². The van der Waals surface area contributed by atoms with E-state index in [1.54, 1.807) is 4.90 Å². The molecule has 0 bridgehead atoms. The fraction of sp³-hybridized carbons (Fsp3) is 0.233. The number of urea groups is 1. The van der Waals surface area contributed by atoms with E-state index < -0.39 is 0 Å². The van der Waals surface area contributed by atoms with Gasteiger partial charge in [-0.05, 0) is 42.9 Å². The molecule has 0 radical (unpaired) electrons. The quantitative estimate of drug-likeness (QED) is 0.317. The largest absolute Gasteiger partial charge is 0.334 e. The van der Waals surface area contributed by atoms with Gasteiger partial charge in [0.15, 0.2) is 0 Å². The van der Waals surface area contributed by atoms with E-state index in [0.717, 1.165) is 41.7 Å². The predicted octanol–water partition coefficient (Wildman–Crippen LogP) is 6.43. The van der Waals surface area contributed by atoms with Crippen LogP contribution in [0.1, 0.15) is 48.9 Å². The highest BCUT2D eigenvalue weighted by molar-refractivity contribution is 5.86. The van der Waals surface area contributed by atoms with Gasteiger partial charge in [0.2, 0.25) is 5.82 Å². The molecule has 182 valence electrons. The average molecular weight is 479 g/mol. The van der Waals surface area contributed by atoms with Gasteiger partial charge in [0.25, 0.3) is 5.89 Å². The normalized spacial score (nSPS) is 15.8. The summed E-state index contributed by atoms with van der Waals surface area (Å²) in [7, 11) is 0. The topological polar surface area (TPSA) is 71.3 Å². The molecular formula is C30H30N4O2. The molecule has 1 unspecified atom stereocenters. The Morgan fingerprint density at radius 3 is 2.31 bits per heavy atom. The first-order valence-corrected chi connectivity index (χ1v) is 12.4. The SMILES string of the molecule is CCc1ccc(-c2noc(C3=C(C)N(CCCc4ccccc4)C(=O)NC3c3ccccc3)n2)cc1. The molecule has 4 aromatic rings.